The highest BCUT2D eigenvalue weighted by Crippen LogP contribution is 2.21. The Kier molecular flexibility index (Phi) is 5.93. The van der Waals surface area contributed by atoms with E-state index >= 15 is 0 Å². The van der Waals surface area contributed by atoms with E-state index in [4.69, 9.17) is 0 Å². The summed E-state index contributed by atoms with van der Waals surface area (Å²) in [7, 11) is -3.61. The lowest BCUT2D eigenvalue weighted by atomic mass is 9.97. The zero-order valence-electron chi connectivity index (χ0n) is 15.0. The first-order valence-electron chi connectivity index (χ1n) is 9.01. The van der Waals surface area contributed by atoms with Gasteiger partial charge in [0.15, 0.2) is 0 Å². The van der Waals surface area contributed by atoms with Crippen LogP contribution in [-0.4, -0.2) is 19.9 Å². The van der Waals surface area contributed by atoms with Crippen LogP contribution in [0, 0.1) is 6.92 Å². The fraction of sp³-hybridized carbons (Fsp3) is 0.350. The molecule has 26 heavy (non-hydrogen) atoms. The van der Waals surface area contributed by atoms with Crippen LogP contribution >= 0.6 is 0 Å². The molecule has 1 aromatic carbocycles. The molecule has 1 heterocycles. The van der Waals surface area contributed by atoms with E-state index in [1.807, 2.05) is 6.07 Å². The molecule has 0 amide bonds. The van der Waals surface area contributed by atoms with Crippen molar-refractivity contribution in [3.8, 4) is 0 Å². The number of aromatic nitrogens is 1. The number of nitrogens with zero attached hydrogens (tertiary/aromatic N) is 1. The second-order valence-corrected chi connectivity index (χ2v) is 8.24. The highest BCUT2D eigenvalue weighted by Gasteiger charge is 2.16. The highest BCUT2D eigenvalue weighted by molar-refractivity contribution is 7.92. The van der Waals surface area contributed by atoms with Crippen LogP contribution in [0.4, 0.5) is 11.5 Å². The standard InChI is InChI=1S/C20H25N3O2S/c1-16-7-5-6-10-19(16)26(24,25)23-18-11-12-20(22-15-18)21-14-13-17-8-3-2-4-9-17/h5-8,10-12,15,23H,2-4,9,13-14H2,1H3,(H,21,22). The molecule has 0 radical (unpaired) electrons. The summed E-state index contributed by atoms with van der Waals surface area (Å²) in [5.74, 6) is 0.750. The molecule has 0 spiro atoms. The average molecular weight is 372 g/mol. The first-order valence-corrected chi connectivity index (χ1v) is 10.5. The van der Waals surface area contributed by atoms with Gasteiger partial charge in [0.25, 0.3) is 10.0 Å². The van der Waals surface area contributed by atoms with E-state index in [0.29, 0.717) is 11.3 Å². The van der Waals surface area contributed by atoms with Crippen molar-refractivity contribution in [2.45, 2.75) is 43.9 Å². The summed E-state index contributed by atoms with van der Waals surface area (Å²) in [5.41, 5.74) is 2.68. The summed E-state index contributed by atoms with van der Waals surface area (Å²) in [6.07, 6.45) is 9.92. The lowest BCUT2D eigenvalue weighted by Gasteiger charge is -2.13. The molecular formula is C20H25N3O2S. The van der Waals surface area contributed by atoms with E-state index in [1.165, 1.54) is 37.5 Å². The zero-order chi connectivity index (χ0) is 18.4. The molecule has 1 aliphatic rings. The van der Waals surface area contributed by atoms with E-state index in [-0.39, 0.29) is 4.90 Å². The van der Waals surface area contributed by atoms with E-state index in [9.17, 15) is 8.42 Å². The van der Waals surface area contributed by atoms with Gasteiger partial charge in [-0.15, -0.1) is 0 Å². The number of hydrogen-bond donors (Lipinski definition) is 2. The Balaban J connectivity index is 1.57. The summed E-state index contributed by atoms with van der Waals surface area (Å²) >= 11 is 0. The smallest absolute Gasteiger partial charge is 0.262 e. The molecule has 0 aliphatic heterocycles. The van der Waals surface area contributed by atoms with E-state index < -0.39 is 10.0 Å². The molecule has 0 fully saturated rings. The van der Waals surface area contributed by atoms with Crippen LogP contribution in [-0.2, 0) is 10.0 Å². The predicted octanol–water partition coefficient (Wildman–Crippen LogP) is 4.49. The number of aryl methyl sites for hydroxylation is 1. The number of nitrogens with one attached hydrogen (secondary N) is 2. The summed E-state index contributed by atoms with van der Waals surface area (Å²) in [6.45, 7) is 2.62. The van der Waals surface area contributed by atoms with Gasteiger partial charge in [0.2, 0.25) is 0 Å². The zero-order valence-corrected chi connectivity index (χ0v) is 15.8. The Morgan fingerprint density at radius 1 is 1.12 bits per heavy atom. The predicted molar refractivity (Wildman–Crippen MR) is 106 cm³/mol. The molecule has 1 aromatic heterocycles. The van der Waals surface area contributed by atoms with Gasteiger partial charge in [0.05, 0.1) is 16.8 Å². The Morgan fingerprint density at radius 3 is 2.65 bits per heavy atom. The summed E-state index contributed by atoms with van der Waals surface area (Å²) in [5, 5.41) is 3.29. The van der Waals surface area contributed by atoms with Crippen molar-refractivity contribution < 1.29 is 8.42 Å². The maximum Gasteiger partial charge on any atom is 0.262 e. The largest absolute Gasteiger partial charge is 0.370 e. The van der Waals surface area contributed by atoms with Gasteiger partial charge in [-0.25, -0.2) is 13.4 Å². The molecule has 0 saturated carbocycles. The molecule has 0 bridgehead atoms. The van der Waals surface area contributed by atoms with Crippen LogP contribution in [0.5, 0.6) is 0 Å². The molecule has 3 rings (SSSR count). The van der Waals surface area contributed by atoms with E-state index in [2.05, 4.69) is 21.1 Å². The van der Waals surface area contributed by atoms with Crippen molar-refractivity contribution in [2.75, 3.05) is 16.6 Å². The first kappa shape index (κ1) is 18.5. The van der Waals surface area contributed by atoms with Gasteiger partial charge in [-0.05, 0) is 62.8 Å². The minimum absolute atomic E-state index is 0.281. The van der Waals surface area contributed by atoms with E-state index in [0.717, 1.165) is 18.8 Å². The van der Waals surface area contributed by atoms with Crippen molar-refractivity contribution in [3.63, 3.8) is 0 Å². The monoisotopic (exact) mass is 371 g/mol. The molecule has 0 atom stereocenters. The van der Waals surface area contributed by atoms with Crippen molar-refractivity contribution in [1.82, 2.24) is 4.98 Å². The van der Waals surface area contributed by atoms with Crippen molar-refractivity contribution in [2.24, 2.45) is 0 Å². The normalized spacial score (nSPS) is 14.6. The molecule has 6 heteroatoms. The van der Waals surface area contributed by atoms with Crippen molar-refractivity contribution in [1.29, 1.82) is 0 Å². The fourth-order valence-electron chi connectivity index (χ4n) is 3.11. The number of allylic oxidation sites excluding steroid dienone is 1. The van der Waals surface area contributed by atoms with Crippen LogP contribution in [0.2, 0.25) is 0 Å². The number of sulfonamides is 1. The van der Waals surface area contributed by atoms with Gasteiger partial charge >= 0.3 is 0 Å². The molecule has 0 unspecified atom stereocenters. The van der Waals surface area contributed by atoms with Crippen LogP contribution in [0.25, 0.3) is 0 Å². The molecule has 2 aromatic rings. The van der Waals surface area contributed by atoms with Crippen LogP contribution in [0.15, 0.2) is 59.1 Å². The highest BCUT2D eigenvalue weighted by atomic mass is 32.2. The second-order valence-electron chi connectivity index (χ2n) is 6.59. The number of benzene rings is 1. The molecule has 0 saturated heterocycles. The lowest BCUT2D eigenvalue weighted by molar-refractivity contribution is 0.600. The molecular weight excluding hydrogens is 346 g/mol. The number of hydrogen-bond acceptors (Lipinski definition) is 4. The maximum atomic E-state index is 12.5. The summed E-state index contributed by atoms with van der Waals surface area (Å²) < 4.78 is 27.6. The fourth-order valence-corrected chi connectivity index (χ4v) is 4.40. The molecule has 2 N–H and O–H groups in total. The SMILES string of the molecule is Cc1ccccc1S(=O)(=O)Nc1ccc(NCCC2=CCCCC2)nc1. The number of pyridine rings is 1. The third kappa shape index (κ3) is 4.85. The van der Waals surface area contributed by atoms with Crippen LogP contribution in [0.1, 0.15) is 37.7 Å². The maximum absolute atomic E-state index is 12.5. The summed E-state index contributed by atoms with van der Waals surface area (Å²) in [4.78, 5) is 4.58. The summed E-state index contributed by atoms with van der Waals surface area (Å²) in [6, 6.07) is 10.4. The van der Waals surface area contributed by atoms with Gasteiger partial charge in [-0.1, -0.05) is 29.8 Å². The van der Waals surface area contributed by atoms with Crippen molar-refractivity contribution >= 4 is 21.5 Å². The van der Waals surface area contributed by atoms with Gasteiger partial charge in [-0.2, -0.15) is 0 Å². The molecule has 138 valence electrons. The quantitative estimate of drug-likeness (QED) is 0.703. The Hall–Kier alpha value is -2.34. The van der Waals surface area contributed by atoms with E-state index in [1.54, 1.807) is 37.3 Å². The topological polar surface area (TPSA) is 71.1 Å². The Morgan fingerprint density at radius 2 is 1.96 bits per heavy atom. The first-order chi connectivity index (χ1) is 12.5. The third-order valence-electron chi connectivity index (χ3n) is 4.54. The van der Waals surface area contributed by atoms with Crippen LogP contribution < -0.4 is 10.0 Å². The minimum Gasteiger partial charge on any atom is -0.370 e. The second kappa shape index (κ2) is 8.36. The Labute approximate surface area is 155 Å². The average Bonchev–Trinajstić information content (AvgIpc) is 2.64. The van der Waals surface area contributed by atoms with Gasteiger partial charge in [0, 0.05) is 6.54 Å². The molecule has 1 aliphatic carbocycles. The molecule has 5 nitrogen and oxygen atoms in total. The van der Waals surface area contributed by atoms with Gasteiger partial charge in [-0.3, -0.25) is 4.72 Å². The van der Waals surface area contributed by atoms with Gasteiger partial charge < -0.3 is 5.32 Å². The van der Waals surface area contributed by atoms with Crippen LogP contribution in [0.3, 0.4) is 0 Å². The van der Waals surface area contributed by atoms with Crippen molar-refractivity contribution in [3.05, 3.63) is 59.8 Å². The van der Waals surface area contributed by atoms with Gasteiger partial charge in [0.1, 0.15) is 5.82 Å². The minimum atomic E-state index is -3.61. The lowest BCUT2D eigenvalue weighted by Crippen LogP contribution is -2.14. The third-order valence-corrected chi connectivity index (χ3v) is 6.08. The Bertz CT molecular complexity index is 874. The number of anilines is 2. The number of rotatable bonds is 7.